The van der Waals surface area contributed by atoms with Gasteiger partial charge in [0.05, 0.1) is 17.5 Å². The summed E-state index contributed by atoms with van der Waals surface area (Å²) in [6, 6.07) is 10.2. The Labute approximate surface area is 228 Å². The van der Waals surface area contributed by atoms with E-state index in [-0.39, 0.29) is 30.2 Å². The van der Waals surface area contributed by atoms with Crippen LogP contribution >= 0.6 is 0 Å². The molecule has 2 aromatic carbocycles. The topological polar surface area (TPSA) is 99.6 Å². The Morgan fingerprint density at radius 3 is 2.51 bits per heavy atom. The molecule has 4 rings (SSSR count). The summed E-state index contributed by atoms with van der Waals surface area (Å²) < 4.78 is 14.9. The van der Waals surface area contributed by atoms with Crippen LogP contribution in [0.2, 0.25) is 0 Å². The van der Waals surface area contributed by atoms with Gasteiger partial charge in [0, 0.05) is 50.3 Å². The van der Waals surface area contributed by atoms with Crippen LogP contribution in [0.25, 0.3) is 10.8 Å². The molecule has 0 aliphatic carbocycles. The zero-order valence-electron chi connectivity index (χ0n) is 22.9. The second-order valence-corrected chi connectivity index (χ2v) is 9.98. The Morgan fingerprint density at radius 1 is 1.00 bits per heavy atom. The van der Waals surface area contributed by atoms with E-state index < -0.39 is 11.4 Å². The van der Waals surface area contributed by atoms with Crippen LogP contribution in [0.4, 0.5) is 10.1 Å². The predicted octanol–water partition coefficient (Wildman–Crippen LogP) is 2.16. The number of fused-ring (bicyclic) bond motifs is 1. The van der Waals surface area contributed by atoms with Crippen molar-refractivity contribution in [3.05, 3.63) is 69.4 Å². The first-order valence-electron chi connectivity index (χ1n) is 13.5. The summed E-state index contributed by atoms with van der Waals surface area (Å²) in [5.74, 6) is -1.19. The summed E-state index contributed by atoms with van der Waals surface area (Å²) in [6.07, 6.45) is 0.706. The number of piperazine rings is 1. The standard InChI is InChI=1S/C29H37FN6O3/c1-4-31-27(37)18-25-23-10-9-22(30)17-24(23)29(39)36(33-25)19-28(38)32-11-6-12-34-13-15-35(16-14-34)26-8-5-7-20(2)21(26)3/h5,7-10,17H,4,6,11-16,18-19H2,1-3H3,(H,31,37)(H,32,38). The van der Waals surface area contributed by atoms with E-state index in [0.717, 1.165) is 49.9 Å². The van der Waals surface area contributed by atoms with E-state index in [1.54, 1.807) is 6.92 Å². The minimum atomic E-state index is -0.569. The maximum atomic E-state index is 13.9. The van der Waals surface area contributed by atoms with Crippen molar-refractivity contribution in [1.82, 2.24) is 25.3 Å². The van der Waals surface area contributed by atoms with E-state index in [9.17, 15) is 18.8 Å². The van der Waals surface area contributed by atoms with Gasteiger partial charge < -0.3 is 15.5 Å². The molecule has 0 saturated carbocycles. The lowest BCUT2D eigenvalue weighted by molar-refractivity contribution is -0.122. The molecular weight excluding hydrogens is 499 g/mol. The fourth-order valence-corrected chi connectivity index (χ4v) is 4.99. The highest BCUT2D eigenvalue weighted by Gasteiger charge is 2.19. The number of benzene rings is 2. The number of hydrogen-bond donors (Lipinski definition) is 2. The zero-order valence-corrected chi connectivity index (χ0v) is 22.9. The van der Waals surface area contributed by atoms with Gasteiger partial charge in [-0.15, -0.1) is 0 Å². The van der Waals surface area contributed by atoms with Crippen LogP contribution < -0.4 is 21.1 Å². The van der Waals surface area contributed by atoms with Gasteiger partial charge >= 0.3 is 0 Å². The molecule has 1 aliphatic rings. The molecule has 3 aromatic rings. The van der Waals surface area contributed by atoms with E-state index in [0.29, 0.717) is 24.2 Å². The van der Waals surface area contributed by atoms with Crippen molar-refractivity contribution in [3.63, 3.8) is 0 Å². The fourth-order valence-electron chi connectivity index (χ4n) is 4.99. The van der Waals surface area contributed by atoms with Crippen LogP contribution in [0.3, 0.4) is 0 Å². The third kappa shape index (κ3) is 7.00. The number of rotatable bonds is 10. The van der Waals surface area contributed by atoms with E-state index in [2.05, 4.69) is 57.6 Å². The lowest BCUT2D eigenvalue weighted by Gasteiger charge is -2.37. The minimum Gasteiger partial charge on any atom is -0.369 e. The van der Waals surface area contributed by atoms with Crippen molar-refractivity contribution in [2.24, 2.45) is 0 Å². The van der Waals surface area contributed by atoms with Crippen LogP contribution in [0.1, 0.15) is 30.2 Å². The van der Waals surface area contributed by atoms with Crippen molar-refractivity contribution in [2.45, 2.75) is 40.2 Å². The summed E-state index contributed by atoms with van der Waals surface area (Å²) in [5.41, 5.74) is 3.69. The third-order valence-electron chi connectivity index (χ3n) is 7.26. The van der Waals surface area contributed by atoms with E-state index in [1.807, 2.05) is 0 Å². The van der Waals surface area contributed by atoms with Gasteiger partial charge in [0.1, 0.15) is 12.4 Å². The maximum absolute atomic E-state index is 13.9. The van der Waals surface area contributed by atoms with Crippen molar-refractivity contribution < 1.29 is 14.0 Å². The first-order valence-corrected chi connectivity index (χ1v) is 13.5. The molecule has 1 aliphatic heterocycles. The third-order valence-corrected chi connectivity index (χ3v) is 7.26. The number of aryl methyl sites for hydroxylation is 1. The number of hydrogen-bond acceptors (Lipinski definition) is 6. The van der Waals surface area contributed by atoms with Gasteiger partial charge in [-0.25, -0.2) is 9.07 Å². The molecule has 2 N–H and O–H groups in total. The lowest BCUT2D eigenvalue weighted by Crippen LogP contribution is -2.47. The normalized spacial score (nSPS) is 14.0. The van der Waals surface area contributed by atoms with Gasteiger partial charge in [0.25, 0.3) is 5.56 Å². The molecule has 1 aromatic heterocycles. The van der Waals surface area contributed by atoms with Crippen molar-refractivity contribution in [2.75, 3.05) is 50.7 Å². The maximum Gasteiger partial charge on any atom is 0.275 e. The molecule has 0 unspecified atom stereocenters. The van der Waals surface area contributed by atoms with Crippen molar-refractivity contribution in [1.29, 1.82) is 0 Å². The average Bonchev–Trinajstić information content (AvgIpc) is 2.91. The largest absolute Gasteiger partial charge is 0.369 e. The number of aromatic nitrogens is 2. The molecule has 0 spiro atoms. The van der Waals surface area contributed by atoms with E-state index in [4.69, 9.17) is 0 Å². The summed E-state index contributed by atoms with van der Waals surface area (Å²) >= 11 is 0. The van der Waals surface area contributed by atoms with Gasteiger partial charge in [-0.3, -0.25) is 19.3 Å². The number of amides is 2. The van der Waals surface area contributed by atoms with Crippen LogP contribution in [-0.2, 0) is 22.6 Å². The first kappa shape index (κ1) is 28.2. The number of halogens is 1. The first-order chi connectivity index (χ1) is 18.8. The van der Waals surface area contributed by atoms with Gasteiger partial charge in [-0.2, -0.15) is 5.10 Å². The van der Waals surface area contributed by atoms with Crippen LogP contribution in [0.15, 0.2) is 41.2 Å². The molecule has 0 atom stereocenters. The molecule has 1 fully saturated rings. The van der Waals surface area contributed by atoms with Crippen LogP contribution in [0, 0.1) is 19.7 Å². The monoisotopic (exact) mass is 536 g/mol. The second-order valence-electron chi connectivity index (χ2n) is 9.98. The summed E-state index contributed by atoms with van der Waals surface area (Å²) in [5, 5.41) is 10.3. The zero-order chi connectivity index (χ0) is 27.9. The van der Waals surface area contributed by atoms with Gasteiger partial charge in [-0.1, -0.05) is 12.1 Å². The fraction of sp³-hybridized carbons (Fsp3) is 0.448. The smallest absolute Gasteiger partial charge is 0.275 e. The van der Waals surface area contributed by atoms with Gasteiger partial charge in [0.15, 0.2) is 0 Å². The molecule has 2 amide bonds. The van der Waals surface area contributed by atoms with E-state index >= 15 is 0 Å². The Balaban J connectivity index is 1.29. The minimum absolute atomic E-state index is 0.0748. The SMILES string of the molecule is CCNC(=O)Cc1nn(CC(=O)NCCCN2CCN(c3cccc(C)c3C)CC2)c(=O)c2cc(F)ccc12. The molecule has 2 heterocycles. The summed E-state index contributed by atoms with van der Waals surface area (Å²) in [6.45, 7) is 11.5. The number of carbonyl (C=O) groups is 2. The highest BCUT2D eigenvalue weighted by molar-refractivity contribution is 5.88. The molecule has 9 nitrogen and oxygen atoms in total. The number of carbonyl (C=O) groups excluding carboxylic acids is 2. The van der Waals surface area contributed by atoms with Crippen LogP contribution in [0.5, 0.6) is 0 Å². The second kappa shape index (κ2) is 12.8. The highest BCUT2D eigenvalue weighted by Crippen LogP contribution is 2.24. The molecule has 0 radical (unpaired) electrons. The average molecular weight is 537 g/mol. The van der Waals surface area contributed by atoms with Gasteiger partial charge in [-0.05, 0) is 69.1 Å². The Bertz CT molecular complexity index is 1400. The highest BCUT2D eigenvalue weighted by atomic mass is 19.1. The molecule has 10 heteroatoms. The number of nitrogens with one attached hydrogen (secondary N) is 2. The predicted molar refractivity (Wildman–Crippen MR) is 151 cm³/mol. The Hall–Kier alpha value is -3.79. The number of nitrogens with zero attached hydrogens (tertiary/aromatic N) is 4. The van der Waals surface area contributed by atoms with Crippen molar-refractivity contribution >= 4 is 28.3 Å². The molecular formula is C29H37FN6O3. The molecule has 0 bridgehead atoms. The Morgan fingerprint density at radius 2 is 1.77 bits per heavy atom. The number of anilines is 1. The number of likely N-dealkylation sites (N-methyl/N-ethyl adjacent to an activating group) is 1. The molecule has 1 saturated heterocycles. The Kier molecular flexibility index (Phi) is 9.29. The van der Waals surface area contributed by atoms with Crippen molar-refractivity contribution in [3.8, 4) is 0 Å². The van der Waals surface area contributed by atoms with Gasteiger partial charge in [0.2, 0.25) is 11.8 Å². The summed E-state index contributed by atoms with van der Waals surface area (Å²) in [7, 11) is 0. The van der Waals surface area contributed by atoms with Crippen LogP contribution in [-0.4, -0.2) is 72.3 Å². The lowest BCUT2D eigenvalue weighted by atomic mass is 10.1. The van der Waals surface area contributed by atoms with E-state index in [1.165, 1.54) is 28.9 Å². The molecule has 39 heavy (non-hydrogen) atoms. The molecule has 208 valence electrons. The summed E-state index contributed by atoms with van der Waals surface area (Å²) in [4.78, 5) is 42.5. The quantitative estimate of drug-likeness (QED) is 0.386.